The lowest BCUT2D eigenvalue weighted by atomic mass is 10.2. The van der Waals surface area contributed by atoms with Crippen molar-refractivity contribution in [3.05, 3.63) is 30.4 Å². The summed E-state index contributed by atoms with van der Waals surface area (Å²) < 4.78 is 9.93. The van der Waals surface area contributed by atoms with Gasteiger partial charge in [-0.3, -0.25) is 14.4 Å². The Balaban J connectivity index is 2.08. The molecule has 0 saturated carbocycles. The van der Waals surface area contributed by atoms with Gasteiger partial charge in [-0.2, -0.15) is 0 Å². The average Bonchev–Trinajstić information content (AvgIpc) is 2.55. The molecule has 1 heterocycles. The quantitative estimate of drug-likeness (QED) is 0.635. The number of carbonyl (C=O) groups is 3. The van der Waals surface area contributed by atoms with Gasteiger partial charge in [0.1, 0.15) is 5.75 Å². The molecule has 0 bridgehead atoms. The molecule has 1 aromatic rings. The highest BCUT2D eigenvalue weighted by Gasteiger charge is 2.25. The summed E-state index contributed by atoms with van der Waals surface area (Å²) >= 11 is 0. The van der Waals surface area contributed by atoms with Crippen LogP contribution in [0.3, 0.4) is 0 Å². The maximum absolute atomic E-state index is 12.0. The second-order valence-corrected chi connectivity index (χ2v) is 5.53. The molecule has 1 aliphatic heterocycles. The minimum Gasteiger partial charge on any atom is -0.481 e. The van der Waals surface area contributed by atoms with E-state index in [4.69, 9.17) is 4.74 Å². The summed E-state index contributed by atoms with van der Waals surface area (Å²) in [6, 6.07) is 5.05. The standard InChI is InChI=1S/C17H20N2O5/c1-11(2)9-19-13-5-4-12(8-14(13)24-10-16(19)21)18-15(20)6-7-17(22)23-3/h4-5,8H,1,6-7,9-10H2,2-3H3,(H,18,20). The van der Waals surface area contributed by atoms with Gasteiger partial charge in [-0.25, -0.2) is 0 Å². The number of ether oxygens (including phenoxy) is 2. The molecule has 0 aliphatic carbocycles. The lowest BCUT2D eigenvalue weighted by Crippen LogP contribution is -2.39. The zero-order chi connectivity index (χ0) is 17.7. The smallest absolute Gasteiger partial charge is 0.306 e. The van der Waals surface area contributed by atoms with Crippen LogP contribution in [0.1, 0.15) is 19.8 Å². The Morgan fingerprint density at radius 2 is 2.12 bits per heavy atom. The van der Waals surface area contributed by atoms with Gasteiger partial charge in [0.05, 0.1) is 19.2 Å². The van der Waals surface area contributed by atoms with Crippen LogP contribution in [0.5, 0.6) is 5.75 Å². The Kier molecular flexibility index (Phi) is 5.57. The lowest BCUT2D eigenvalue weighted by Gasteiger charge is -2.29. The van der Waals surface area contributed by atoms with Crippen LogP contribution in [-0.2, 0) is 19.1 Å². The van der Waals surface area contributed by atoms with Gasteiger partial charge >= 0.3 is 5.97 Å². The molecule has 24 heavy (non-hydrogen) atoms. The van der Waals surface area contributed by atoms with Gasteiger partial charge in [-0.15, -0.1) is 0 Å². The first-order valence-corrected chi connectivity index (χ1v) is 7.49. The summed E-state index contributed by atoms with van der Waals surface area (Å²) in [4.78, 5) is 36.5. The van der Waals surface area contributed by atoms with Crippen LogP contribution >= 0.6 is 0 Å². The first kappa shape index (κ1) is 17.5. The van der Waals surface area contributed by atoms with Gasteiger partial charge in [0.25, 0.3) is 5.91 Å². The molecule has 128 valence electrons. The molecule has 0 fully saturated rings. The summed E-state index contributed by atoms with van der Waals surface area (Å²) in [7, 11) is 1.28. The van der Waals surface area contributed by atoms with Crippen LogP contribution in [0.2, 0.25) is 0 Å². The number of hydrogen-bond acceptors (Lipinski definition) is 5. The van der Waals surface area contributed by atoms with Crippen LogP contribution in [0.15, 0.2) is 30.4 Å². The number of nitrogens with zero attached hydrogens (tertiary/aromatic N) is 1. The molecule has 0 radical (unpaired) electrons. The monoisotopic (exact) mass is 332 g/mol. The second kappa shape index (κ2) is 7.63. The van der Waals surface area contributed by atoms with Crippen LogP contribution in [0, 0.1) is 0 Å². The summed E-state index contributed by atoms with van der Waals surface area (Å²) in [6.45, 7) is 6.03. The Hall–Kier alpha value is -2.83. The van der Waals surface area contributed by atoms with Crippen LogP contribution < -0.4 is 15.0 Å². The molecule has 7 nitrogen and oxygen atoms in total. The molecule has 7 heteroatoms. The highest BCUT2D eigenvalue weighted by Crippen LogP contribution is 2.34. The van der Waals surface area contributed by atoms with E-state index in [1.165, 1.54) is 7.11 Å². The Bertz CT molecular complexity index is 684. The molecule has 2 amide bonds. The summed E-state index contributed by atoms with van der Waals surface area (Å²) in [5, 5.41) is 2.69. The van der Waals surface area contributed by atoms with E-state index in [1.54, 1.807) is 23.1 Å². The van der Waals surface area contributed by atoms with E-state index >= 15 is 0 Å². The number of hydrogen-bond donors (Lipinski definition) is 1. The molecule has 1 aliphatic rings. The van der Waals surface area contributed by atoms with Crippen molar-refractivity contribution >= 4 is 29.2 Å². The maximum atomic E-state index is 12.0. The van der Waals surface area contributed by atoms with E-state index in [0.717, 1.165) is 5.57 Å². The first-order chi connectivity index (χ1) is 11.4. The molecule has 0 atom stereocenters. The zero-order valence-corrected chi connectivity index (χ0v) is 13.8. The van der Waals surface area contributed by atoms with Crippen molar-refractivity contribution in [3.63, 3.8) is 0 Å². The zero-order valence-electron chi connectivity index (χ0n) is 13.8. The van der Waals surface area contributed by atoms with E-state index in [2.05, 4.69) is 16.6 Å². The second-order valence-electron chi connectivity index (χ2n) is 5.53. The average molecular weight is 332 g/mol. The Morgan fingerprint density at radius 1 is 1.38 bits per heavy atom. The fraction of sp³-hybridized carbons (Fsp3) is 0.353. The van der Waals surface area contributed by atoms with Gasteiger partial charge in [-0.1, -0.05) is 12.2 Å². The van der Waals surface area contributed by atoms with Gasteiger partial charge in [0, 0.05) is 24.7 Å². The topological polar surface area (TPSA) is 84.9 Å². The minimum absolute atomic E-state index is 0.0185. The Labute approximate surface area is 140 Å². The normalized spacial score (nSPS) is 12.9. The van der Waals surface area contributed by atoms with E-state index in [9.17, 15) is 14.4 Å². The molecule has 0 spiro atoms. The van der Waals surface area contributed by atoms with Crippen LogP contribution in [0.25, 0.3) is 0 Å². The number of benzene rings is 1. The van der Waals surface area contributed by atoms with Crippen molar-refractivity contribution in [2.24, 2.45) is 0 Å². The summed E-state index contributed by atoms with van der Waals surface area (Å²) in [5.74, 6) is -0.360. The van der Waals surface area contributed by atoms with E-state index in [0.29, 0.717) is 23.7 Å². The maximum Gasteiger partial charge on any atom is 0.306 e. The van der Waals surface area contributed by atoms with Gasteiger partial charge in [0.2, 0.25) is 5.91 Å². The third-order valence-corrected chi connectivity index (χ3v) is 3.40. The number of rotatable bonds is 6. The summed E-state index contributed by atoms with van der Waals surface area (Å²) in [6.07, 6.45) is 0.0511. The Morgan fingerprint density at radius 3 is 2.79 bits per heavy atom. The van der Waals surface area contributed by atoms with E-state index in [1.807, 2.05) is 6.92 Å². The van der Waals surface area contributed by atoms with Crippen LogP contribution in [-0.4, -0.2) is 38.0 Å². The molecule has 0 unspecified atom stereocenters. The molecular weight excluding hydrogens is 312 g/mol. The highest BCUT2D eigenvalue weighted by atomic mass is 16.5. The molecule has 0 saturated heterocycles. The van der Waals surface area contributed by atoms with Gasteiger partial charge in [0.15, 0.2) is 6.61 Å². The van der Waals surface area contributed by atoms with Crippen molar-refractivity contribution in [3.8, 4) is 5.75 Å². The number of methoxy groups -OCH3 is 1. The van der Waals surface area contributed by atoms with Crippen LogP contribution in [0.4, 0.5) is 11.4 Å². The highest BCUT2D eigenvalue weighted by molar-refractivity contribution is 5.99. The number of nitrogens with one attached hydrogen (secondary N) is 1. The van der Waals surface area contributed by atoms with Crippen molar-refractivity contribution in [2.75, 3.05) is 30.5 Å². The molecule has 2 rings (SSSR count). The third-order valence-electron chi connectivity index (χ3n) is 3.40. The number of carbonyl (C=O) groups excluding carboxylic acids is 3. The van der Waals surface area contributed by atoms with Gasteiger partial charge < -0.3 is 19.7 Å². The molecule has 1 N–H and O–H groups in total. The number of anilines is 2. The number of esters is 1. The first-order valence-electron chi connectivity index (χ1n) is 7.49. The number of fused-ring (bicyclic) bond motifs is 1. The third kappa shape index (κ3) is 4.34. The predicted molar refractivity (Wildman–Crippen MR) is 89.0 cm³/mol. The fourth-order valence-corrected chi connectivity index (χ4v) is 2.27. The molecule has 1 aromatic carbocycles. The molecule has 0 aromatic heterocycles. The lowest BCUT2D eigenvalue weighted by molar-refractivity contribution is -0.141. The minimum atomic E-state index is -0.437. The summed E-state index contributed by atoms with van der Waals surface area (Å²) in [5.41, 5.74) is 2.03. The van der Waals surface area contributed by atoms with E-state index in [-0.39, 0.29) is 31.3 Å². The van der Waals surface area contributed by atoms with Gasteiger partial charge in [-0.05, 0) is 19.1 Å². The van der Waals surface area contributed by atoms with Crippen molar-refractivity contribution in [1.82, 2.24) is 0 Å². The number of amides is 2. The van der Waals surface area contributed by atoms with Crippen molar-refractivity contribution < 1.29 is 23.9 Å². The van der Waals surface area contributed by atoms with E-state index < -0.39 is 5.97 Å². The van der Waals surface area contributed by atoms with Crippen molar-refractivity contribution in [1.29, 1.82) is 0 Å². The van der Waals surface area contributed by atoms with Crippen molar-refractivity contribution in [2.45, 2.75) is 19.8 Å². The SMILES string of the molecule is C=C(C)CN1C(=O)COc2cc(NC(=O)CCC(=O)OC)ccc21. The fourth-order valence-electron chi connectivity index (χ4n) is 2.27. The largest absolute Gasteiger partial charge is 0.481 e. The predicted octanol–water partition coefficient (Wildman–Crippen LogP) is 1.88. The molecular formula is C17H20N2O5.